The molecule has 0 heterocycles. The van der Waals surface area contributed by atoms with Crippen molar-refractivity contribution in [2.75, 3.05) is 0 Å². The van der Waals surface area contributed by atoms with Crippen molar-refractivity contribution in [1.82, 2.24) is 0 Å². The van der Waals surface area contributed by atoms with Gasteiger partial charge in [0.05, 0.1) is 0 Å². The minimum atomic E-state index is -1.73. The molecule has 2 heteroatoms. The highest BCUT2D eigenvalue weighted by Crippen LogP contribution is 2.64. The van der Waals surface area contributed by atoms with E-state index < -0.39 is 17.4 Å². The Hall–Kier alpha value is -1.07. The fourth-order valence-corrected chi connectivity index (χ4v) is 6.00. The van der Waals surface area contributed by atoms with E-state index in [1.54, 1.807) is 0 Å². The van der Waals surface area contributed by atoms with Crippen LogP contribution in [0.1, 0.15) is 61.0 Å². The highest BCUT2D eigenvalue weighted by molar-refractivity contribution is 5.91. The first kappa shape index (κ1) is 12.4. The lowest BCUT2D eigenvalue weighted by atomic mass is 9.51. The van der Waals surface area contributed by atoms with Crippen LogP contribution in [-0.4, -0.2) is 16.5 Å². The Morgan fingerprint density at radius 2 is 2.14 bits per heavy atom. The second-order valence-electron chi connectivity index (χ2n) is 8.00. The zero-order valence-electron chi connectivity index (χ0n) is 15.3. The number of carbonyl (C=O) groups excluding carboxylic acids is 1. The maximum Gasteiger partial charge on any atom is 0.155 e. The molecule has 22 heavy (non-hydrogen) atoms. The third-order valence-electron chi connectivity index (χ3n) is 7.30. The van der Waals surface area contributed by atoms with Crippen LogP contribution in [0.3, 0.4) is 0 Å². The molecule has 0 amide bonds. The molecule has 0 aromatic carbocycles. The molecule has 0 radical (unpaired) electrons. The summed E-state index contributed by atoms with van der Waals surface area (Å²) >= 11 is 0. The van der Waals surface area contributed by atoms with Crippen LogP contribution >= 0.6 is 0 Å². The summed E-state index contributed by atoms with van der Waals surface area (Å²) in [6.45, 7) is 2.01. The number of hydrogen-bond acceptors (Lipinski definition) is 2. The molecule has 1 N–H and O–H groups in total. The van der Waals surface area contributed by atoms with Gasteiger partial charge in [-0.15, -0.1) is 6.42 Å². The van der Waals surface area contributed by atoms with Crippen LogP contribution in [0, 0.1) is 41.4 Å². The third-order valence-corrected chi connectivity index (χ3v) is 7.30. The second-order valence-corrected chi connectivity index (χ2v) is 8.00. The van der Waals surface area contributed by atoms with Crippen molar-refractivity contribution in [3.05, 3.63) is 11.6 Å². The molecule has 4 aliphatic rings. The summed E-state index contributed by atoms with van der Waals surface area (Å²) in [4.78, 5) is 11.7. The highest BCUT2D eigenvalue weighted by Gasteiger charge is 2.61. The molecule has 0 aliphatic heterocycles. The Bertz CT molecular complexity index is 661. The van der Waals surface area contributed by atoms with Crippen LogP contribution in [0.4, 0.5) is 0 Å². The summed E-state index contributed by atoms with van der Waals surface area (Å²) in [5.41, 5.74) is -0.892. The maximum atomic E-state index is 11.7. The van der Waals surface area contributed by atoms with Gasteiger partial charge < -0.3 is 5.11 Å². The van der Waals surface area contributed by atoms with Crippen LogP contribution in [0.2, 0.25) is 0 Å². The van der Waals surface area contributed by atoms with E-state index in [0.717, 1.165) is 32.1 Å². The summed E-state index contributed by atoms with van der Waals surface area (Å²) in [5, 5.41) is 11.1. The first-order valence-electron chi connectivity index (χ1n) is 9.67. The topological polar surface area (TPSA) is 37.3 Å². The number of carbonyl (C=O) groups is 1. The van der Waals surface area contributed by atoms with E-state index in [-0.39, 0.29) is 11.7 Å². The quantitative estimate of drug-likeness (QED) is 0.549. The minimum absolute atomic E-state index is 0.131. The average Bonchev–Trinajstić information content (AvgIpc) is 2.71. The van der Waals surface area contributed by atoms with Gasteiger partial charge in [0.2, 0.25) is 0 Å². The highest BCUT2D eigenvalue weighted by atomic mass is 16.3. The molecule has 0 aromatic rings. The van der Waals surface area contributed by atoms with Gasteiger partial charge in [-0.25, -0.2) is 0 Å². The van der Waals surface area contributed by atoms with Gasteiger partial charge in [-0.1, -0.05) is 18.4 Å². The Morgan fingerprint density at radius 1 is 1.32 bits per heavy atom. The number of terminal acetylenes is 1. The van der Waals surface area contributed by atoms with E-state index in [4.69, 9.17) is 9.16 Å². The molecule has 0 spiro atoms. The molecule has 0 unspecified atom stereocenters. The molecule has 3 saturated carbocycles. The van der Waals surface area contributed by atoms with Crippen molar-refractivity contribution < 1.29 is 12.6 Å². The van der Waals surface area contributed by atoms with E-state index in [9.17, 15) is 9.90 Å². The van der Waals surface area contributed by atoms with Crippen molar-refractivity contribution in [2.24, 2.45) is 29.1 Å². The zero-order valence-corrected chi connectivity index (χ0v) is 13.3. The number of fused-ring (bicyclic) bond motifs is 5. The SMILES string of the molecule is [2H]C1([2H])C[C@@H]2[C@H]3CCC4=CC(=O)CC[C@H]4[C@@H]3CC[C@@]2(C)[C@@]1(O)[13C]#[13CH]. The molecule has 0 bridgehead atoms. The van der Waals surface area contributed by atoms with Crippen molar-refractivity contribution in [3.63, 3.8) is 0 Å². The predicted octanol–water partition coefficient (Wildman–Crippen LogP) is 3.49. The van der Waals surface area contributed by atoms with E-state index in [0.29, 0.717) is 30.6 Å². The number of ketones is 1. The van der Waals surface area contributed by atoms with E-state index in [1.807, 2.05) is 13.0 Å². The number of allylic oxidation sites excluding steroid dienone is 1. The minimum Gasteiger partial charge on any atom is -0.377 e. The van der Waals surface area contributed by atoms with Gasteiger partial charge in [-0.05, 0) is 74.6 Å². The summed E-state index contributed by atoms with van der Waals surface area (Å²) in [7, 11) is 0. The molecular weight excluding hydrogens is 274 g/mol. The summed E-state index contributed by atoms with van der Waals surface area (Å²) in [6, 6.07) is 0. The molecule has 0 aromatic heterocycles. The van der Waals surface area contributed by atoms with Crippen molar-refractivity contribution in [2.45, 2.75) is 63.8 Å². The molecule has 4 rings (SSSR count). The van der Waals surface area contributed by atoms with Crippen molar-refractivity contribution in [1.29, 1.82) is 0 Å². The first-order chi connectivity index (χ1) is 11.2. The van der Waals surface area contributed by atoms with Crippen LogP contribution in [0.5, 0.6) is 0 Å². The third kappa shape index (κ3) is 1.75. The predicted molar refractivity (Wildman–Crippen MR) is 85.9 cm³/mol. The van der Waals surface area contributed by atoms with Gasteiger partial charge in [0.25, 0.3) is 0 Å². The lowest BCUT2D eigenvalue weighted by Crippen LogP contribution is -2.52. The van der Waals surface area contributed by atoms with E-state index in [1.165, 1.54) is 5.57 Å². The molecule has 6 atom stereocenters. The van der Waals surface area contributed by atoms with Crippen LogP contribution in [-0.2, 0) is 4.79 Å². The summed E-state index contributed by atoms with van der Waals surface area (Å²) in [6.07, 6.45) is 11.4. The summed E-state index contributed by atoms with van der Waals surface area (Å²) in [5.74, 6) is 4.26. The lowest BCUT2D eigenvalue weighted by molar-refractivity contribution is -0.116. The van der Waals surface area contributed by atoms with Gasteiger partial charge in [-0.3, -0.25) is 4.79 Å². The normalized spacial score (nSPS) is 54.0. The summed E-state index contributed by atoms with van der Waals surface area (Å²) < 4.78 is 16.8. The Labute approximate surface area is 136 Å². The van der Waals surface area contributed by atoms with E-state index in [2.05, 4.69) is 5.92 Å². The molecule has 4 aliphatic carbocycles. The Kier molecular flexibility index (Phi) is 2.65. The Morgan fingerprint density at radius 3 is 2.91 bits per heavy atom. The number of rotatable bonds is 0. The Balaban J connectivity index is 1.70. The number of hydrogen-bond donors (Lipinski definition) is 1. The van der Waals surface area contributed by atoms with E-state index >= 15 is 0 Å². The first-order valence-corrected chi connectivity index (χ1v) is 8.67. The molecular formula is C20H26O2. The fraction of sp³-hybridized carbons (Fsp3) is 0.750. The van der Waals surface area contributed by atoms with Crippen LogP contribution in [0.25, 0.3) is 0 Å². The van der Waals surface area contributed by atoms with Gasteiger partial charge in [-0.2, -0.15) is 0 Å². The average molecular weight is 302 g/mol. The van der Waals surface area contributed by atoms with Crippen LogP contribution in [0.15, 0.2) is 11.6 Å². The monoisotopic (exact) mass is 302 g/mol. The van der Waals surface area contributed by atoms with Gasteiger partial charge in [0, 0.05) is 14.6 Å². The molecule has 3 fully saturated rings. The smallest absolute Gasteiger partial charge is 0.155 e. The van der Waals surface area contributed by atoms with Gasteiger partial charge >= 0.3 is 0 Å². The molecule has 2 nitrogen and oxygen atoms in total. The van der Waals surface area contributed by atoms with Crippen LogP contribution < -0.4 is 0 Å². The van der Waals surface area contributed by atoms with Gasteiger partial charge in [0.1, 0.15) is 5.60 Å². The van der Waals surface area contributed by atoms with Gasteiger partial charge in [0.15, 0.2) is 5.78 Å². The fourth-order valence-electron chi connectivity index (χ4n) is 6.00. The largest absolute Gasteiger partial charge is 0.377 e. The zero-order chi connectivity index (χ0) is 17.3. The van der Waals surface area contributed by atoms with Crippen molar-refractivity contribution >= 4 is 5.78 Å². The molecule has 0 saturated heterocycles. The van der Waals surface area contributed by atoms with Crippen molar-refractivity contribution in [3.8, 4) is 12.3 Å². The lowest BCUT2D eigenvalue weighted by Gasteiger charge is -2.54. The molecule has 118 valence electrons. The standard InChI is InChI=1S/C20H26O2/c1-3-20(22)11-9-18-17-6-4-13-12-14(21)5-7-15(13)16(17)8-10-19(18,20)2/h1,12,15-18,22H,4-11H2,2H3/t15-,16+,17+,18-,19-,20-/m1/s1/i1+1,3+1,11D2. The number of aliphatic hydroxyl groups is 1. The second kappa shape index (κ2) is 4.71. The maximum absolute atomic E-state index is 11.7.